The largest absolute Gasteiger partial charge is 0.488 e. The van der Waals surface area contributed by atoms with Gasteiger partial charge < -0.3 is 9.15 Å². The maximum atomic E-state index is 11.9. The smallest absolute Gasteiger partial charge is 0.336 e. The molecule has 0 atom stereocenters. The molecule has 0 amide bonds. The zero-order chi connectivity index (χ0) is 18.8. The molecule has 0 aliphatic rings. The van der Waals surface area contributed by atoms with E-state index in [1.54, 1.807) is 0 Å². The van der Waals surface area contributed by atoms with Crippen molar-refractivity contribution < 1.29 is 18.9 Å². The fourth-order valence-electron chi connectivity index (χ4n) is 2.67. The van der Waals surface area contributed by atoms with Crippen molar-refractivity contribution >= 4 is 22.9 Å². The number of aldehydes is 1. The Balaban J connectivity index is 1.98. The molecule has 1 aromatic heterocycles. The van der Waals surface area contributed by atoms with Gasteiger partial charge in [-0.1, -0.05) is 12.1 Å². The molecule has 0 fully saturated rings. The van der Waals surface area contributed by atoms with Gasteiger partial charge in [0.25, 0.3) is 5.69 Å². The molecule has 0 bridgehead atoms. The summed E-state index contributed by atoms with van der Waals surface area (Å²) in [6.45, 7) is 3.81. The van der Waals surface area contributed by atoms with Crippen molar-refractivity contribution in [1.82, 2.24) is 0 Å². The number of hydrogen-bond donors (Lipinski definition) is 0. The summed E-state index contributed by atoms with van der Waals surface area (Å²) in [5.41, 5.74) is 2.34. The Labute approximate surface area is 148 Å². The van der Waals surface area contributed by atoms with Crippen LogP contribution in [-0.2, 0) is 6.61 Å². The lowest BCUT2D eigenvalue weighted by molar-refractivity contribution is -0.384. The predicted octanol–water partition coefficient (Wildman–Crippen LogP) is 3.71. The van der Waals surface area contributed by atoms with Gasteiger partial charge >= 0.3 is 5.63 Å². The number of nitrogens with zero attached hydrogens (tertiary/aromatic N) is 1. The summed E-state index contributed by atoms with van der Waals surface area (Å²) in [5.74, 6) is 0.204. The van der Waals surface area contributed by atoms with Gasteiger partial charge in [-0.05, 0) is 31.0 Å². The highest BCUT2D eigenvalue weighted by Crippen LogP contribution is 2.26. The van der Waals surface area contributed by atoms with E-state index in [9.17, 15) is 19.7 Å². The molecule has 0 N–H and O–H groups in total. The van der Waals surface area contributed by atoms with Crippen molar-refractivity contribution in [1.29, 1.82) is 0 Å². The van der Waals surface area contributed by atoms with Gasteiger partial charge in [-0.2, -0.15) is 0 Å². The second-order valence-electron chi connectivity index (χ2n) is 5.86. The highest BCUT2D eigenvalue weighted by molar-refractivity contribution is 5.84. The lowest BCUT2D eigenvalue weighted by Crippen LogP contribution is -2.06. The number of benzene rings is 2. The van der Waals surface area contributed by atoms with E-state index in [0.717, 1.165) is 22.6 Å². The number of aryl methyl sites for hydroxylation is 2. The van der Waals surface area contributed by atoms with E-state index in [-0.39, 0.29) is 23.6 Å². The van der Waals surface area contributed by atoms with Crippen LogP contribution in [0.5, 0.6) is 5.75 Å². The molecular formula is C19H15NO6. The molecule has 0 saturated heterocycles. The van der Waals surface area contributed by atoms with Gasteiger partial charge in [0.1, 0.15) is 17.9 Å². The molecule has 0 saturated carbocycles. The Morgan fingerprint density at radius 1 is 1.19 bits per heavy atom. The van der Waals surface area contributed by atoms with Crippen LogP contribution < -0.4 is 10.4 Å². The average molecular weight is 353 g/mol. The second kappa shape index (κ2) is 6.79. The molecule has 2 aromatic carbocycles. The van der Waals surface area contributed by atoms with Crippen LogP contribution in [0.2, 0.25) is 0 Å². The van der Waals surface area contributed by atoms with E-state index in [1.165, 1.54) is 18.2 Å². The maximum Gasteiger partial charge on any atom is 0.336 e. The number of nitro groups is 1. The van der Waals surface area contributed by atoms with Crippen molar-refractivity contribution in [2.45, 2.75) is 20.5 Å². The fraction of sp³-hybridized carbons (Fsp3) is 0.158. The van der Waals surface area contributed by atoms with E-state index < -0.39 is 10.5 Å². The molecule has 132 valence electrons. The Kier molecular flexibility index (Phi) is 4.53. The molecule has 3 rings (SSSR count). The van der Waals surface area contributed by atoms with Crippen molar-refractivity contribution in [2.75, 3.05) is 0 Å². The fourth-order valence-corrected chi connectivity index (χ4v) is 2.67. The molecule has 3 aromatic rings. The van der Waals surface area contributed by atoms with E-state index in [1.807, 2.05) is 26.0 Å². The highest BCUT2D eigenvalue weighted by Gasteiger charge is 2.14. The van der Waals surface area contributed by atoms with Gasteiger partial charge in [0.2, 0.25) is 0 Å². The molecule has 0 spiro atoms. The molecule has 26 heavy (non-hydrogen) atoms. The molecule has 0 radical (unpaired) electrons. The number of ether oxygens (including phenoxy) is 1. The third-order valence-electron chi connectivity index (χ3n) is 4.23. The maximum absolute atomic E-state index is 11.9. The number of carbonyl (C=O) groups excluding carboxylic acids is 1. The zero-order valence-electron chi connectivity index (χ0n) is 14.1. The quantitative estimate of drug-likeness (QED) is 0.300. The summed E-state index contributed by atoms with van der Waals surface area (Å²) in [7, 11) is 0. The minimum atomic E-state index is -0.586. The SMILES string of the molecule is Cc1ccc2c(COc3ccc([N+](=O)[O-])cc3C=O)cc(=O)oc2c1C. The highest BCUT2D eigenvalue weighted by atomic mass is 16.6. The van der Waals surface area contributed by atoms with Crippen LogP contribution in [0.15, 0.2) is 45.6 Å². The summed E-state index contributed by atoms with van der Waals surface area (Å²) >= 11 is 0. The second-order valence-corrected chi connectivity index (χ2v) is 5.86. The van der Waals surface area contributed by atoms with Crippen molar-refractivity contribution in [2.24, 2.45) is 0 Å². The summed E-state index contributed by atoms with van der Waals surface area (Å²) in [6, 6.07) is 8.87. The molecule has 0 unspecified atom stereocenters. The number of fused-ring (bicyclic) bond motifs is 1. The standard InChI is InChI=1S/C19H15NO6/c1-11-3-5-16-14(8-18(22)26-19(16)12(11)2)10-25-17-6-4-15(20(23)24)7-13(17)9-21/h3-9H,10H2,1-2H3. The van der Waals surface area contributed by atoms with Crippen LogP contribution in [0, 0.1) is 24.0 Å². The van der Waals surface area contributed by atoms with Crippen LogP contribution in [0.25, 0.3) is 11.0 Å². The van der Waals surface area contributed by atoms with E-state index in [2.05, 4.69) is 0 Å². The average Bonchev–Trinajstić information content (AvgIpc) is 2.62. The third kappa shape index (κ3) is 3.19. The summed E-state index contributed by atoms with van der Waals surface area (Å²) in [5, 5.41) is 11.5. The lowest BCUT2D eigenvalue weighted by Gasteiger charge is -2.11. The lowest BCUT2D eigenvalue weighted by atomic mass is 10.0. The van der Waals surface area contributed by atoms with Crippen LogP contribution in [0.4, 0.5) is 5.69 Å². The molecule has 0 aliphatic heterocycles. The summed E-state index contributed by atoms with van der Waals surface area (Å²) in [4.78, 5) is 33.3. The molecule has 0 aliphatic carbocycles. The Morgan fingerprint density at radius 3 is 2.65 bits per heavy atom. The Hall–Kier alpha value is -3.48. The number of hydrogen-bond acceptors (Lipinski definition) is 6. The van der Waals surface area contributed by atoms with Gasteiger partial charge in [-0.3, -0.25) is 14.9 Å². The van der Waals surface area contributed by atoms with Crippen LogP contribution in [0.3, 0.4) is 0 Å². The van der Waals surface area contributed by atoms with Crippen molar-refractivity contribution in [3.8, 4) is 5.75 Å². The summed E-state index contributed by atoms with van der Waals surface area (Å²) in [6.07, 6.45) is 0.493. The molecular weight excluding hydrogens is 338 g/mol. The van der Waals surface area contributed by atoms with Gasteiger partial charge in [-0.15, -0.1) is 0 Å². The first kappa shape index (κ1) is 17.3. The molecule has 7 nitrogen and oxygen atoms in total. The van der Waals surface area contributed by atoms with Crippen molar-refractivity contribution in [3.63, 3.8) is 0 Å². The minimum Gasteiger partial charge on any atom is -0.488 e. The summed E-state index contributed by atoms with van der Waals surface area (Å²) < 4.78 is 11.0. The van der Waals surface area contributed by atoms with E-state index in [0.29, 0.717) is 17.4 Å². The van der Waals surface area contributed by atoms with Gasteiger partial charge in [0.15, 0.2) is 6.29 Å². The normalized spacial score (nSPS) is 10.7. The minimum absolute atomic E-state index is 0.0171. The first-order valence-electron chi connectivity index (χ1n) is 7.80. The number of carbonyl (C=O) groups is 1. The topological polar surface area (TPSA) is 99.6 Å². The molecule has 7 heteroatoms. The monoisotopic (exact) mass is 353 g/mol. The number of nitro benzene ring substituents is 1. The third-order valence-corrected chi connectivity index (χ3v) is 4.23. The number of rotatable bonds is 5. The van der Waals surface area contributed by atoms with E-state index in [4.69, 9.17) is 9.15 Å². The Bertz CT molecular complexity index is 1080. The van der Waals surface area contributed by atoms with Crippen LogP contribution >= 0.6 is 0 Å². The molecule has 1 heterocycles. The van der Waals surface area contributed by atoms with Gasteiger partial charge in [-0.25, -0.2) is 4.79 Å². The first-order chi connectivity index (χ1) is 12.4. The van der Waals surface area contributed by atoms with E-state index >= 15 is 0 Å². The number of non-ortho nitro benzene ring substituents is 1. The van der Waals surface area contributed by atoms with Crippen LogP contribution in [0.1, 0.15) is 27.0 Å². The predicted molar refractivity (Wildman–Crippen MR) is 94.8 cm³/mol. The Morgan fingerprint density at radius 2 is 1.96 bits per heavy atom. The van der Waals surface area contributed by atoms with Gasteiger partial charge in [0, 0.05) is 29.1 Å². The first-order valence-corrected chi connectivity index (χ1v) is 7.80. The van der Waals surface area contributed by atoms with Crippen LogP contribution in [-0.4, -0.2) is 11.2 Å². The van der Waals surface area contributed by atoms with Crippen molar-refractivity contribution in [3.05, 3.63) is 79.2 Å². The van der Waals surface area contributed by atoms with Gasteiger partial charge in [0.05, 0.1) is 10.5 Å². The zero-order valence-corrected chi connectivity index (χ0v) is 14.1.